The average Bonchev–Trinajstić information content (AvgIpc) is 2.34. The summed E-state index contributed by atoms with van der Waals surface area (Å²) in [6.07, 6.45) is 2.39. The molecule has 0 saturated heterocycles. The van der Waals surface area contributed by atoms with Crippen molar-refractivity contribution in [3.8, 4) is 0 Å². The molecule has 0 aliphatic heterocycles. The van der Waals surface area contributed by atoms with Crippen molar-refractivity contribution < 1.29 is 13.2 Å². The summed E-state index contributed by atoms with van der Waals surface area (Å²) in [7, 11) is -3.11. The van der Waals surface area contributed by atoms with Gasteiger partial charge in [-0.15, -0.1) is 0 Å². The summed E-state index contributed by atoms with van der Waals surface area (Å²) >= 11 is 0. The molecular weight excluding hydrogens is 276 g/mol. The van der Waals surface area contributed by atoms with Gasteiger partial charge in [0, 0.05) is 12.3 Å². The molecule has 1 aromatic rings. The van der Waals surface area contributed by atoms with Crippen LogP contribution in [0, 0.1) is 0 Å². The largest absolute Gasteiger partial charge is 0.351 e. The third-order valence-corrected chi connectivity index (χ3v) is 3.97. The van der Waals surface area contributed by atoms with Gasteiger partial charge in [0.1, 0.15) is 9.84 Å². The molecule has 1 rings (SSSR count). The Morgan fingerprint density at radius 1 is 1.30 bits per heavy atom. The topological polar surface area (TPSA) is 89.3 Å². The van der Waals surface area contributed by atoms with Gasteiger partial charge in [-0.1, -0.05) is 30.3 Å². The Morgan fingerprint density at radius 3 is 2.45 bits per heavy atom. The first-order chi connectivity index (χ1) is 9.28. The van der Waals surface area contributed by atoms with Gasteiger partial charge in [-0.25, -0.2) is 8.42 Å². The second-order valence-electron chi connectivity index (χ2n) is 5.13. The number of hydrogen-bond acceptors (Lipinski definition) is 4. The molecule has 20 heavy (non-hydrogen) atoms. The van der Waals surface area contributed by atoms with E-state index < -0.39 is 21.9 Å². The molecule has 0 spiro atoms. The Kier molecular flexibility index (Phi) is 6.16. The molecule has 0 fully saturated rings. The van der Waals surface area contributed by atoms with Gasteiger partial charge in [-0.05, 0) is 25.3 Å². The maximum Gasteiger partial charge on any atom is 0.237 e. The van der Waals surface area contributed by atoms with Gasteiger partial charge < -0.3 is 11.1 Å². The fourth-order valence-electron chi connectivity index (χ4n) is 1.94. The third-order valence-electron chi connectivity index (χ3n) is 2.87. The van der Waals surface area contributed by atoms with Crippen molar-refractivity contribution in [3.05, 3.63) is 35.9 Å². The highest BCUT2D eigenvalue weighted by Crippen LogP contribution is 2.04. The Bertz CT molecular complexity index is 529. The number of nitrogens with two attached hydrogens (primary N) is 1. The summed E-state index contributed by atoms with van der Waals surface area (Å²) in [5, 5.41) is 2.63. The third kappa shape index (κ3) is 6.68. The van der Waals surface area contributed by atoms with Crippen LogP contribution in [0.2, 0.25) is 0 Å². The summed E-state index contributed by atoms with van der Waals surface area (Å²) in [6, 6.07) is 8.72. The zero-order chi connectivity index (χ0) is 15.2. The molecule has 0 radical (unpaired) electrons. The fraction of sp³-hybridized carbons (Fsp3) is 0.500. The maximum absolute atomic E-state index is 11.8. The number of nitrogens with one attached hydrogen (secondary N) is 1. The monoisotopic (exact) mass is 298 g/mol. The van der Waals surface area contributed by atoms with Gasteiger partial charge >= 0.3 is 0 Å². The minimum Gasteiger partial charge on any atom is -0.351 e. The van der Waals surface area contributed by atoms with Crippen molar-refractivity contribution in [3.63, 3.8) is 0 Å². The SMILES string of the molecule is CC(CS(C)(=O)=O)NC(=O)[C@@H](N)CCc1ccccc1. The summed E-state index contributed by atoms with van der Waals surface area (Å²) < 4.78 is 22.2. The van der Waals surface area contributed by atoms with E-state index in [4.69, 9.17) is 5.73 Å². The molecular formula is C14H22N2O3S. The van der Waals surface area contributed by atoms with Crippen LogP contribution in [0.3, 0.4) is 0 Å². The molecule has 1 unspecified atom stereocenters. The van der Waals surface area contributed by atoms with Crippen LogP contribution < -0.4 is 11.1 Å². The molecule has 112 valence electrons. The van der Waals surface area contributed by atoms with Gasteiger partial charge in [-0.2, -0.15) is 0 Å². The lowest BCUT2D eigenvalue weighted by Crippen LogP contribution is -2.46. The van der Waals surface area contributed by atoms with E-state index >= 15 is 0 Å². The molecule has 2 atom stereocenters. The highest BCUT2D eigenvalue weighted by Gasteiger charge is 2.18. The molecule has 0 aromatic heterocycles. The van der Waals surface area contributed by atoms with E-state index in [1.165, 1.54) is 0 Å². The van der Waals surface area contributed by atoms with Crippen LogP contribution in [0.5, 0.6) is 0 Å². The molecule has 0 heterocycles. The van der Waals surface area contributed by atoms with Gasteiger partial charge in [0.05, 0.1) is 11.8 Å². The smallest absolute Gasteiger partial charge is 0.237 e. The van der Waals surface area contributed by atoms with Gasteiger partial charge in [0.25, 0.3) is 0 Å². The van der Waals surface area contributed by atoms with Crippen LogP contribution in [0.1, 0.15) is 18.9 Å². The Hall–Kier alpha value is -1.40. The van der Waals surface area contributed by atoms with Gasteiger partial charge in [0.2, 0.25) is 5.91 Å². The summed E-state index contributed by atoms with van der Waals surface area (Å²) in [4.78, 5) is 11.8. The minimum absolute atomic E-state index is 0.0792. The van der Waals surface area contributed by atoms with Gasteiger partial charge in [0.15, 0.2) is 0 Å². The molecule has 3 N–H and O–H groups in total. The average molecular weight is 298 g/mol. The van der Waals surface area contributed by atoms with Crippen LogP contribution in [0.15, 0.2) is 30.3 Å². The molecule has 0 aliphatic carbocycles. The first-order valence-electron chi connectivity index (χ1n) is 6.55. The Balaban J connectivity index is 2.39. The van der Waals surface area contributed by atoms with Crippen LogP contribution in [-0.2, 0) is 21.1 Å². The second kappa shape index (κ2) is 7.40. The Morgan fingerprint density at radius 2 is 1.90 bits per heavy atom. The summed E-state index contributed by atoms with van der Waals surface area (Å²) in [6.45, 7) is 1.66. The van der Waals surface area contributed by atoms with E-state index in [-0.39, 0.29) is 11.7 Å². The number of carbonyl (C=O) groups is 1. The van der Waals surface area contributed by atoms with E-state index in [0.717, 1.165) is 18.2 Å². The van der Waals surface area contributed by atoms with E-state index in [1.54, 1.807) is 6.92 Å². The normalized spacial score (nSPS) is 14.6. The van der Waals surface area contributed by atoms with Crippen molar-refractivity contribution in [1.82, 2.24) is 5.32 Å². The van der Waals surface area contributed by atoms with E-state index in [0.29, 0.717) is 6.42 Å². The van der Waals surface area contributed by atoms with E-state index in [9.17, 15) is 13.2 Å². The van der Waals surface area contributed by atoms with E-state index in [1.807, 2.05) is 30.3 Å². The maximum atomic E-state index is 11.8. The van der Waals surface area contributed by atoms with Crippen molar-refractivity contribution in [1.29, 1.82) is 0 Å². The quantitative estimate of drug-likeness (QED) is 0.767. The van der Waals surface area contributed by atoms with Gasteiger partial charge in [-0.3, -0.25) is 4.79 Å². The van der Waals surface area contributed by atoms with Crippen LogP contribution in [0.25, 0.3) is 0 Å². The number of sulfone groups is 1. The van der Waals surface area contributed by atoms with Crippen molar-refractivity contribution in [2.75, 3.05) is 12.0 Å². The van der Waals surface area contributed by atoms with Crippen LogP contribution >= 0.6 is 0 Å². The number of benzene rings is 1. The highest BCUT2D eigenvalue weighted by atomic mass is 32.2. The van der Waals surface area contributed by atoms with Crippen molar-refractivity contribution in [2.24, 2.45) is 5.73 Å². The standard InChI is InChI=1S/C14H22N2O3S/c1-11(10-20(2,18)19)16-14(17)13(15)9-8-12-6-4-3-5-7-12/h3-7,11,13H,8-10,15H2,1-2H3,(H,16,17)/t11?,13-/m0/s1. The summed E-state index contributed by atoms with van der Waals surface area (Å²) in [5.41, 5.74) is 6.94. The number of hydrogen-bond donors (Lipinski definition) is 2. The zero-order valence-corrected chi connectivity index (χ0v) is 12.7. The number of aryl methyl sites for hydroxylation is 1. The number of amides is 1. The number of rotatable bonds is 7. The lowest BCUT2D eigenvalue weighted by molar-refractivity contribution is -0.122. The Labute approximate surface area is 120 Å². The second-order valence-corrected chi connectivity index (χ2v) is 7.32. The predicted molar refractivity (Wildman–Crippen MR) is 80.1 cm³/mol. The lowest BCUT2D eigenvalue weighted by Gasteiger charge is -2.16. The molecule has 6 heteroatoms. The predicted octanol–water partition coefficient (Wildman–Crippen LogP) is 0.496. The van der Waals surface area contributed by atoms with Crippen LogP contribution in [-0.4, -0.2) is 38.4 Å². The molecule has 0 bridgehead atoms. The molecule has 1 amide bonds. The fourth-order valence-corrected chi connectivity index (χ4v) is 2.94. The molecule has 1 aromatic carbocycles. The van der Waals surface area contributed by atoms with Crippen molar-refractivity contribution in [2.45, 2.75) is 31.8 Å². The minimum atomic E-state index is -3.11. The van der Waals surface area contributed by atoms with Crippen molar-refractivity contribution >= 4 is 15.7 Å². The van der Waals surface area contributed by atoms with Crippen LogP contribution in [0.4, 0.5) is 0 Å². The zero-order valence-electron chi connectivity index (χ0n) is 11.9. The first-order valence-corrected chi connectivity index (χ1v) is 8.61. The lowest BCUT2D eigenvalue weighted by atomic mass is 10.1. The van der Waals surface area contributed by atoms with E-state index in [2.05, 4.69) is 5.32 Å². The summed E-state index contributed by atoms with van der Waals surface area (Å²) in [5.74, 6) is -0.387. The first kappa shape index (κ1) is 16.7. The molecule has 0 saturated carbocycles. The molecule has 5 nitrogen and oxygen atoms in total. The number of carbonyl (C=O) groups excluding carboxylic acids is 1. The highest BCUT2D eigenvalue weighted by molar-refractivity contribution is 7.90. The molecule has 0 aliphatic rings.